The van der Waals surface area contributed by atoms with Crippen molar-refractivity contribution < 1.29 is 14.6 Å². The maximum absolute atomic E-state index is 9.30. The molecule has 0 aliphatic carbocycles. The van der Waals surface area contributed by atoms with Crippen LogP contribution in [0.5, 0.6) is 0 Å². The zero-order valence-corrected chi connectivity index (χ0v) is 11.0. The maximum Gasteiger partial charge on any atom is 0.219 e. The minimum absolute atomic E-state index is 0.0288. The predicted octanol–water partition coefficient (Wildman–Crippen LogP) is 2.86. The number of ether oxygens (including phenoxy) is 2. The summed E-state index contributed by atoms with van der Waals surface area (Å²) < 4.78 is 11.3. The third kappa shape index (κ3) is 4.52. The van der Waals surface area contributed by atoms with Crippen molar-refractivity contribution in [3.05, 3.63) is 24.5 Å². The Bertz CT molecular complexity index is 260. The van der Waals surface area contributed by atoms with Crippen LogP contribution in [-0.2, 0) is 9.47 Å². The maximum atomic E-state index is 9.30. The van der Waals surface area contributed by atoms with Gasteiger partial charge in [0.15, 0.2) is 0 Å². The van der Waals surface area contributed by atoms with Crippen LogP contribution in [0.1, 0.15) is 33.6 Å². The van der Waals surface area contributed by atoms with E-state index >= 15 is 0 Å². The van der Waals surface area contributed by atoms with Crippen LogP contribution in [0.25, 0.3) is 0 Å². The summed E-state index contributed by atoms with van der Waals surface area (Å²) in [5.41, 5.74) is 0. The lowest BCUT2D eigenvalue weighted by Gasteiger charge is -2.31. The average molecular weight is 240 g/mol. The smallest absolute Gasteiger partial charge is 0.219 e. The highest BCUT2D eigenvalue weighted by Crippen LogP contribution is 2.23. The third-order valence-corrected chi connectivity index (χ3v) is 3.12. The molecule has 1 rings (SSSR count). The SMILES string of the molecule is CCC[C@H](C)[C@@H](O[C@H]1C=CC=CO1)C(C)CO. The molecule has 4 atom stereocenters. The number of rotatable bonds is 7. The number of hydrogen-bond acceptors (Lipinski definition) is 3. The van der Waals surface area contributed by atoms with Crippen LogP contribution in [0.3, 0.4) is 0 Å². The van der Waals surface area contributed by atoms with Gasteiger partial charge < -0.3 is 14.6 Å². The highest BCUT2D eigenvalue weighted by Gasteiger charge is 2.26. The summed E-state index contributed by atoms with van der Waals surface area (Å²) in [6.07, 6.45) is 9.20. The summed E-state index contributed by atoms with van der Waals surface area (Å²) in [4.78, 5) is 0. The molecule has 0 aromatic heterocycles. The molecule has 0 bridgehead atoms. The predicted molar refractivity (Wildman–Crippen MR) is 68.3 cm³/mol. The fraction of sp³-hybridized carbons (Fsp3) is 0.714. The normalized spacial score (nSPS) is 24.1. The summed E-state index contributed by atoms with van der Waals surface area (Å²) in [5.74, 6) is 0.546. The fourth-order valence-electron chi connectivity index (χ4n) is 2.15. The molecule has 0 saturated heterocycles. The van der Waals surface area contributed by atoms with Gasteiger partial charge in [-0.25, -0.2) is 0 Å². The van der Waals surface area contributed by atoms with Crippen LogP contribution >= 0.6 is 0 Å². The van der Waals surface area contributed by atoms with Gasteiger partial charge in [-0.3, -0.25) is 0 Å². The van der Waals surface area contributed by atoms with E-state index in [-0.39, 0.29) is 24.9 Å². The van der Waals surface area contributed by atoms with Gasteiger partial charge in [0, 0.05) is 12.5 Å². The van der Waals surface area contributed by atoms with Crippen LogP contribution in [0.15, 0.2) is 24.5 Å². The highest BCUT2D eigenvalue weighted by molar-refractivity contribution is 5.05. The van der Waals surface area contributed by atoms with E-state index in [9.17, 15) is 5.11 Å². The van der Waals surface area contributed by atoms with Crippen molar-refractivity contribution in [2.24, 2.45) is 11.8 Å². The van der Waals surface area contributed by atoms with Crippen LogP contribution in [0.2, 0.25) is 0 Å². The van der Waals surface area contributed by atoms with Gasteiger partial charge in [0.25, 0.3) is 0 Å². The Morgan fingerprint density at radius 3 is 2.59 bits per heavy atom. The van der Waals surface area contributed by atoms with Crippen LogP contribution in [-0.4, -0.2) is 24.1 Å². The first-order valence-electron chi connectivity index (χ1n) is 6.44. The lowest BCUT2D eigenvalue weighted by Crippen LogP contribution is -2.35. The second-order valence-electron chi connectivity index (χ2n) is 4.74. The Labute approximate surface area is 104 Å². The van der Waals surface area contributed by atoms with E-state index in [1.807, 2.05) is 25.2 Å². The molecule has 0 spiro atoms. The molecular weight excluding hydrogens is 216 g/mol. The molecule has 98 valence electrons. The van der Waals surface area contributed by atoms with Crippen molar-refractivity contribution in [1.82, 2.24) is 0 Å². The second kappa shape index (κ2) is 7.51. The summed E-state index contributed by atoms with van der Waals surface area (Å²) >= 11 is 0. The number of aliphatic hydroxyl groups excluding tert-OH is 1. The zero-order chi connectivity index (χ0) is 12.7. The van der Waals surface area contributed by atoms with E-state index in [1.165, 1.54) is 0 Å². The molecule has 17 heavy (non-hydrogen) atoms. The van der Waals surface area contributed by atoms with E-state index < -0.39 is 0 Å². The topological polar surface area (TPSA) is 38.7 Å². The van der Waals surface area contributed by atoms with Gasteiger partial charge >= 0.3 is 0 Å². The molecule has 1 heterocycles. The van der Waals surface area contributed by atoms with Gasteiger partial charge in [0.1, 0.15) is 0 Å². The van der Waals surface area contributed by atoms with Crippen molar-refractivity contribution in [3.63, 3.8) is 0 Å². The Hall–Kier alpha value is -0.800. The van der Waals surface area contributed by atoms with Crippen LogP contribution < -0.4 is 0 Å². The largest absolute Gasteiger partial charge is 0.469 e. The van der Waals surface area contributed by atoms with Gasteiger partial charge in [-0.2, -0.15) is 0 Å². The Morgan fingerprint density at radius 2 is 2.06 bits per heavy atom. The van der Waals surface area contributed by atoms with E-state index in [0.717, 1.165) is 12.8 Å². The zero-order valence-electron chi connectivity index (χ0n) is 11.0. The first kappa shape index (κ1) is 14.3. The average Bonchev–Trinajstić information content (AvgIpc) is 2.36. The van der Waals surface area contributed by atoms with Crippen LogP contribution in [0.4, 0.5) is 0 Å². The molecule has 3 nitrogen and oxygen atoms in total. The van der Waals surface area contributed by atoms with Crippen molar-refractivity contribution in [2.75, 3.05) is 6.61 Å². The minimum Gasteiger partial charge on any atom is -0.469 e. The monoisotopic (exact) mass is 240 g/mol. The van der Waals surface area contributed by atoms with Crippen molar-refractivity contribution in [3.8, 4) is 0 Å². The molecule has 0 saturated carbocycles. The standard InChI is InChI=1S/C14H24O3/c1-4-7-11(2)14(12(3)10-15)17-13-8-5-6-9-16-13/h5-6,8-9,11-15H,4,7,10H2,1-3H3/t11-,12?,13-,14+/m0/s1. The summed E-state index contributed by atoms with van der Waals surface area (Å²) in [6.45, 7) is 6.49. The highest BCUT2D eigenvalue weighted by atomic mass is 16.7. The van der Waals surface area contributed by atoms with E-state index in [2.05, 4.69) is 13.8 Å². The molecule has 0 aromatic rings. The fourth-order valence-corrected chi connectivity index (χ4v) is 2.15. The second-order valence-corrected chi connectivity index (χ2v) is 4.74. The van der Waals surface area contributed by atoms with Crippen molar-refractivity contribution in [1.29, 1.82) is 0 Å². The third-order valence-electron chi connectivity index (χ3n) is 3.12. The molecule has 1 aliphatic heterocycles. The molecule has 0 amide bonds. The molecule has 0 aromatic carbocycles. The van der Waals surface area contributed by atoms with Crippen molar-refractivity contribution in [2.45, 2.75) is 46.0 Å². The Balaban J connectivity index is 2.56. The summed E-state index contributed by atoms with van der Waals surface area (Å²) in [5, 5.41) is 9.30. The number of allylic oxidation sites excluding steroid dienone is 2. The number of aliphatic hydroxyl groups is 1. The molecule has 1 aliphatic rings. The molecule has 1 N–H and O–H groups in total. The van der Waals surface area contributed by atoms with E-state index in [1.54, 1.807) is 6.26 Å². The van der Waals surface area contributed by atoms with Crippen LogP contribution in [0, 0.1) is 11.8 Å². The minimum atomic E-state index is -0.321. The van der Waals surface area contributed by atoms with Gasteiger partial charge in [0.2, 0.25) is 6.29 Å². The van der Waals surface area contributed by atoms with Crippen molar-refractivity contribution >= 4 is 0 Å². The lowest BCUT2D eigenvalue weighted by molar-refractivity contribution is -0.148. The lowest BCUT2D eigenvalue weighted by atomic mass is 9.90. The number of hydrogen-bond donors (Lipinski definition) is 1. The summed E-state index contributed by atoms with van der Waals surface area (Å²) in [6, 6.07) is 0. The quantitative estimate of drug-likeness (QED) is 0.743. The molecule has 0 fully saturated rings. The van der Waals surface area contributed by atoms with Gasteiger partial charge in [-0.05, 0) is 24.5 Å². The van der Waals surface area contributed by atoms with E-state index in [0.29, 0.717) is 5.92 Å². The first-order chi connectivity index (χ1) is 8.19. The van der Waals surface area contributed by atoms with E-state index in [4.69, 9.17) is 9.47 Å². The molecular formula is C14H24O3. The summed E-state index contributed by atoms with van der Waals surface area (Å²) in [7, 11) is 0. The first-order valence-corrected chi connectivity index (χ1v) is 6.44. The molecule has 0 radical (unpaired) electrons. The molecule has 3 heteroatoms. The Kier molecular flexibility index (Phi) is 6.30. The van der Waals surface area contributed by atoms with Gasteiger partial charge in [0.05, 0.1) is 12.4 Å². The van der Waals surface area contributed by atoms with Gasteiger partial charge in [-0.15, -0.1) is 0 Å². The molecule has 1 unspecified atom stereocenters. The van der Waals surface area contributed by atoms with Gasteiger partial charge in [-0.1, -0.05) is 33.3 Å². The Morgan fingerprint density at radius 1 is 1.29 bits per heavy atom.